The Balaban J connectivity index is 2.50. The van der Waals surface area contributed by atoms with Crippen molar-refractivity contribution in [2.45, 2.75) is 0 Å². The summed E-state index contributed by atoms with van der Waals surface area (Å²) in [5, 5.41) is 0.495. The lowest BCUT2D eigenvalue weighted by Crippen LogP contribution is -1.90. The van der Waals surface area contributed by atoms with Crippen LogP contribution >= 0.6 is 11.6 Å². The van der Waals surface area contributed by atoms with Crippen molar-refractivity contribution in [2.24, 2.45) is 0 Å². The molecule has 2 nitrogen and oxygen atoms in total. The summed E-state index contributed by atoms with van der Waals surface area (Å²) < 4.78 is 18.4. The Morgan fingerprint density at radius 1 is 1.18 bits per heavy atom. The van der Waals surface area contributed by atoms with Crippen molar-refractivity contribution in [3.63, 3.8) is 0 Å². The van der Waals surface area contributed by atoms with E-state index in [0.717, 1.165) is 5.56 Å². The molecule has 4 heteroatoms. The van der Waals surface area contributed by atoms with Crippen LogP contribution in [0.5, 0.6) is 5.75 Å². The number of hydrogen-bond acceptors (Lipinski definition) is 2. The van der Waals surface area contributed by atoms with Gasteiger partial charge in [-0.2, -0.15) is 0 Å². The Kier molecular flexibility index (Phi) is 3.20. The monoisotopic (exact) mass is 251 g/mol. The van der Waals surface area contributed by atoms with Crippen LogP contribution < -0.4 is 10.5 Å². The molecule has 0 fully saturated rings. The molecule has 0 aliphatic heterocycles. The molecule has 2 N–H and O–H groups in total. The molecule has 0 aliphatic rings. The minimum absolute atomic E-state index is 0.209. The van der Waals surface area contributed by atoms with Crippen LogP contribution in [-0.2, 0) is 0 Å². The summed E-state index contributed by atoms with van der Waals surface area (Å²) in [6.45, 7) is 0. The number of anilines is 1. The molecule has 0 aromatic heterocycles. The van der Waals surface area contributed by atoms with Gasteiger partial charge in [-0.15, -0.1) is 0 Å². The van der Waals surface area contributed by atoms with Crippen LogP contribution in [0.3, 0.4) is 0 Å². The number of nitrogen functional groups attached to an aromatic ring is 1. The first-order chi connectivity index (χ1) is 8.11. The maximum absolute atomic E-state index is 13.6. The van der Waals surface area contributed by atoms with Crippen molar-refractivity contribution in [1.29, 1.82) is 0 Å². The molecule has 0 aliphatic carbocycles. The van der Waals surface area contributed by atoms with Crippen LogP contribution in [0.2, 0.25) is 5.02 Å². The summed E-state index contributed by atoms with van der Waals surface area (Å²) in [4.78, 5) is 0. The maximum Gasteiger partial charge on any atom is 0.165 e. The predicted molar refractivity (Wildman–Crippen MR) is 67.8 cm³/mol. The van der Waals surface area contributed by atoms with E-state index in [2.05, 4.69) is 0 Å². The summed E-state index contributed by atoms with van der Waals surface area (Å²) >= 11 is 6.06. The molecule has 2 rings (SSSR count). The zero-order valence-corrected chi connectivity index (χ0v) is 9.96. The quantitative estimate of drug-likeness (QED) is 0.826. The fraction of sp³-hybridized carbons (Fsp3) is 0.0769. The second-order valence-corrected chi connectivity index (χ2v) is 4.00. The molecule has 0 radical (unpaired) electrons. The number of methoxy groups -OCH3 is 1. The van der Waals surface area contributed by atoms with Gasteiger partial charge in [-0.3, -0.25) is 0 Å². The van der Waals surface area contributed by atoms with Crippen LogP contribution in [0.25, 0.3) is 11.1 Å². The summed E-state index contributed by atoms with van der Waals surface area (Å²) in [5.41, 5.74) is 7.61. The van der Waals surface area contributed by atoms with Crippen molar-refractivity contribution in [2.75, 3.05) is 12.8 Å². The molecule has 2 aromatic rings. The smallest absolute Gasteiger partial charge is 0.165 e. The third-order valence-corrected chi connectivity index (χ3v) is 2.77. The van der Waals surface area contributed by atoms with Crippen LogP contribution in [0.1, 0.15) is 0 Å². The van der Waals surface area contributed by atoms with E-state index in [0.29, 0.717) is 16.3 Å². The number of nitrogens with two attached hydrogens (primary N) is 1. The normalized spacial score (nSPS) is 10.3. The van der Waals surface area contributed by atoms with Gasteiger partial charge < -0.3 is 10.5 Å². The number of rotatable bonds is 2. The molecule has 2 aromatic carbocycles. The minimum atomic E-state index is -0.419. The SMILES string of the molecule is COc1ccc(-c2ccc(N)cc2Cl)cc1F. The van der Waals surface area contributed by atoms with Crippen molar-refractivity contribution in [3.05, 3.63) is 47.2 Å². The zero-order chi connectivity index (χ0) is 12.4. The lowest BCUT2D eigenvalue weighted by Gasteiger charge is -2.07. The van der Waals surface area contributed by atoms with Crippen molar-refractivity contribution in [3.8, 4) is 16.9 Å². The standard InChI is InChI=1S/C13H11ClFNO/c1-17-13-5-2-8(6-12(13)15)10-4-3-9(16)7-11(10)14/h2-7H,16H2,1H3. The second-order valence-electron chi connectivity index (χ2n) is 3.59. The molecular weight excluding hydrogens is 241 g/mol. The van der Waals surface area contributed by atoms with Gasteiger partial charge in [0.1, 0.15) is 0 Å². The van der Waals surface area contributed by atoms with Crippen LogP contribution in [-0.4, -0.2) is 7.11 Å². The first kappa shape index (κ1) is 11.7. The highest BCUT2D eigenvalue weighted by molar-refractivity contribution is 6.33. The van der Waals surface area contributed by atoms with Gasteiger partial charge in [-0.1, -0.05) is 23.7 Å². The lowest BCUT2D eigenvalue weighted by molar-refractivity contribution is 0.386. The molecule has 0 heterocycles. The van der Waals surface area contributed by atoms with Crippen LogP contribution in [0, 0.1) is 5.82 Å². The second kappa shape index (κ2) is 4.63. The Hall–Kier alpha value is -1.74. The zero-order valence-electron chi connectivity index (χ0n) is 9.21. The van der Waals surface area contributed by atoms with E-state index in [9.17, 15) is 4.39 Å². The van der Waals surface area contributed by atoms with Crippen molar-refractivity contribution >= 4 is 17.3 Å². The molecule has 0 amide bonds. The molecule has 0 saturated carbocycles. The number of benzene rings is 2. The highest BCUT2D eigenvalue weighted by atomic mass is 35.5. The van der Waals surface area contributed by atoms with Gasteiger partial charge in [0, 0.05) is 11.3 Å². The average molecular weight is 252 g/mol. The third kappa shape index (κ3) is 2.34. The summed E-state index contributed by atoms with van der Waals surface area (Å²) in [6, 6.07) is 9.83. The van der Waals surface area contributed by atoms with E-state index >= 15 is 0 Å². The molecule has 88 valence electrons. The molecule has 0 bridgehead atoms. The largest absolute Gasteiger partial charge is 0.494 e. The van der Waals surface area contributed by atoms with Gasteiger partial charge in [-0.05, 0) is 29.8 Å². The molecule has 0 atom stereocenters. The summed E-state index contributed by atoms with van der Waals surface area (Å²) in [6.07, 6.45) is 0. The van der Waals surface area contributed by atoms with Crippen molar-refractivity contribution in [1.82, 2.24) is 0 Å². The van der Waals surface area contributed by atoms with Gasteiger partial charge in [0.05, 0.1) is 12.1 Å². The Morgan fingerprint density at radius 3 is 2.53 bits per heavy atom. The maximum atomic E-state index is 13.6. The molecule has 0 unspecified atom stereocenters. The predicted octanol–water partition coefficient (Wildman–Crippen LogP) is 3.74. The number of hydrogen-bond donors (Lipinski definition) is 1. The molecule has 17 heavy (non-hydrogen) atoms. The van der Waals surface area contributed by atoms with Crippen LogP contribution in [0.15, 0.2) is 36.4 Å². The van der Waals surface area contributed by atoms with Gasteiger partial charge in [0.15, 0.2) is 11.6 Å². The van der Waals surface area contributed by atoms with Gasteiger partial charge in [0.25, 0.3) is 0 Å². The fourth-order valence-electron chi connectivity index (χ4n) is 1.60. The minimum Gasteiger partial charge on any atom is -0.494 e. The Morgan fingerprint density at radius 2 is 1.94 bits per heavy atom. The van der Waals surface area contributed by atoms with E-state index in [1.165, 1.54) is 13.2 Å². The highest BCUT2D eigenvalue weighted by Gasteiger charge is 2.08. The molecular formula is C13H11ClFNO. The van der Waals surface area contributed by atoms with Gasteiger partial charge >= 0.3 is 0 Å². The third-order valence-electron chi connectivity index (χ3n) is 2.46. The highest BCUT2D eigenvalue weighted by Crippen LogP contribution is 2.31. The van der Waals surface area contributed by atoms with E-state index in [4.69, 9.17) is 22.1 Å². The van der Waals surface area contributed by atoms with E-state index in [1.54, 1.807) is 30.3 Å². The Labute approximate surface area is 104 Å². The van der Waals surface area contributed by atoms with Gasteiger partial charge in [-0.25, -0.2) is 4.39 Å². The molecule has 0 spiro atoms. The average Bonchev–Trinajstić information content (AvgIpc) is 2.29. The summed E-state index contributed by atoms with van der Waals surface area (Å²) in [7, 11) is 1.42. The van der Waals surface area contributed by atoms with E-state index in [-0.39, 0.29) is 5.75 Å². The first-order valence-electron chi connectivity index (χ1n) is 5.01. The first-order valence-corrected chi connectivity index (χ1v) is 5.38. The van der Waals surface area contributed by atoms with Crippen molar-refractivity contribution < 1.29 is 9.13 Å². The van der Waals surface area contributed by atoms with E-state index < -0.39 is 5.82 Å². The van der Waals surface area contributed by atoms with Crippen LogP contribution in [0.4, 0.5) is 10.1 Å². The number of halogens is 2. The summed E-state index contributed by atoms with van der Waals surface area (Å²) in [5.74, 6) is -0.210. The lowest BCUT2D eigenvalue weighted by atomic mass is 10.0. The Bertz CT molecular complexity index is 557. The molecule has 0 saturated heterocycles. The number of ether oxygens (including phenoxy) is 1. The van der Waals surface area contributed by atoms with E-state index in [1.807, 2.05) is 0 Å². The van der Waals surface area contributed by atoms with Gasteiger partial charge in [0.2, 0.25) is 0 Å². The topological polar surface area (TPSA) is 35.2 Å². The fourth-order valence-corrected chi connectivity index (χ4v) is 1.90.